The molecule has 0 aliphatic carbocycles. The van der Waals surface area contributed by atoms with Crippen LogP contribution >= 0.6 is 0 Å². The fourth-order valence-corrected chi connectivity index (χ4v) is 1.76. The maximum absolute atomic E-state index is 11.6. The van der Waals surface area contributed by atoms with Crippen molar-refractivity contribution in [3.8, 4) is 16.9 Å². The van der Waals surface area contributed by atoms with Crippen molar-refractivity contribution in [2.45, 2.75) is 0 Å². The van der Waals surface area contributed by atoms with Gasteiger partial charge in [-0.2, -0.15) is 5.10 Å². The topological polar surface area (TPSA) is 122 Å². The zero-order chi connectivity index (χ0) is 14.1. The minimum absolute atomic E-state index is 0.00806. The summed E-state index contributed by atoms with van der Waals surface area (Å²) in [4.78, 5) is 24.6. The molecule has 0 aliphatic rings. The molecule has 1 aromatic carbocycles. The molecule has 0 radical (unpaired) electrons. The largest absolute Gasteiger partial charge is 0.399 e. The highest BCUT2D eigenvalue weighted by molar-refractivity contribution is 5.64. The molecule has 0 unspecified atom stereocenters. The van der Waals surface area contributed by atoms with Crippen LogP contribution in [0.25, 0.3) is 16.9 Å². The number of nitrogens with one attached hydrogen (secondary N) is 2. The number of hydrogen-bond donors (Lipinski definition) is 3. The zero-order valence-electron chi connectivity index (χ0n) is 10.2. The first kappa shape index (κ1) is 11.9. The molecule has 20 heavy (non-hydrogen) atoms. The lowest BCUT2D eigenvalue weighted by atomic mass is 10.1. The van der Waals surface area contributed by atoms with Crippen LogP contribution in [0.1, 0.15) is 0 Å². The molecule has 0 atom stereocenters. The lowest BCUT2D eigenvalue weighted by Crippen LogP contribution is -2.28. The van der Waals surface area contributed by atoms with E-state index in [1.165, 1.54) is 4.68 Å². The van der Waals surface area contributed by atoms with Crippen molar-refractivity contribution in [2.24, 2.45) is 0 Å². The van der Waals surface area contributed by atoms with E-state index >= 15 is 0 Å². The molecule has 2 heterocycles. The van der Waals surface area contributed by atoms with Gasteiger partial charge in [0.1, 0.15) is 0 Å². The van der Waals surface area contributed by atoms with E-state index in [-0.39, 0.29) is 5.82 Å². The molecule has 8 heteroatoms. The molecule has 3 rings (SSSR count). The molecule has 3 aromatic rings. The Morgan fingerprint density at radius 2 is 1.85 bits per heavy atom. The molecule has 0 saturated carbocycles. The second-order valence-corrected chi connectivity index (χ2v) is 4.13. The van der Waals surface area contributed by atoms with Crippen LogP contribution in [-0.2, 0) is 0 Å². The van der Waals surface area contributed by atoms with Crippen LogP contribution in [0.15, 0.2) is 46.2 Å². The quantitative estimate of drug-likeness (QED) is 0.561. The molecule has 0 fully saturated rings. The minimum Gasteiger partial charge on any atom is -0.399 e. The normalized spacial score (nSPS) is 10.6. The van der Waals surface area contributed by atoms with Crippen molar-refractivity contribution >= 4 is 5.69 Å². The van der Waals surface area contributed by atoms with Gasteiger partial charge in [-0.25, -0.2) is 14.6 Å². The minimum atomic E-state index is -0.662. The molecule has 0 spiro atoms. The Hall–Kier alpha value is -3.16. The number of H-pyrrole nitrogens is 2. The number of benzene rings is 1. The van der Waals surface area contributed by atoms with Crippen molar-refractivity contribution in [3.05, 3.63) is 57.5 Å². The molecule has 2 aromatic heterocycles. The van der Waals surface area contributed by atoms with Crippen molar-refractivity contribution < 1.29 is 0 Å². The Balaban J connectivity index is 2.04. The molecule has 0 amide bonds. The van der Waals surface area contributed by atoms with Crippen LogP contribution in [0.2, 0.25) is 0 Å². The van der Waals surface area contributed by atoms with Crippen LogP contribution in [-0.4, -0.2) is 25.0 Å². The van der Waals surface area contributed by atoms with Gasteiger partial charge in [-0.1, -0.05) is 12.1 Å². The van der Waals surface area contributed by atoms with Gasteiger partial charge >= 0.3 is 5.69 Å². The summed E-state index contributed by atoms with van der Waals surface area (Å²) in [6.07, 6.45) is 3.24. The van der Waals surface area contributed by atoms with Crippen molar-refractivity contribution in [1.29, 1.82) is 0 Å². The summed E-state index contributed by atoms with van der Waals surface area (Å²) >= 11 is 0. The van der Waals surface area contributed by atoms with Gasteiger partial charge < -0.3 is 5.73 Å². The molecule has 0 aliphatic heterocycles. The summed E-state index contributed by atoms with van der Waals surface area (Å²) in [6, 6.07) is 7.25. The van der Waals surface area contributed by atoms with E-state index in [9.17, 15) is 9.59 Å². The first-order valence-electron chi connectivity index (χ1n) is 5.73. The van der Waals surface area contributed by atoms with Crippen LogP contribution in [0, 0.1) is 0 Å². The van der Waals surface area contributed by atoms with Crippen LogP contribution in [0.4, 0.5) is 5.69 Å². The zero-order valence-corrected chi connectivity index (χ0v) is 10.2. The van der Waals surface area contributed by atoms with E-state index in [2.05, 4.69) is 20.3 Å². The van der Waals surface area contributed by atoms with Crippen LogP contribution < -0.4 is 17.0 Å². The number of nitrogens with zero attached hydrogens (tertiary/aromatic N) is 3. The number of rotatable bonds is 2. The second-order valence-electron chi connectivity index (χ2n) is 4.13. The summed E-state index contributed by atoms with van der Waals surface area (Å²) in [5.41, 5.74) is 6.73. The summed E-state index contributed by atoms with van der Waals surface area (Å²) in [5, 5.41) is 9.88. The standard InChI is InChI=1S/C12H10N6O2/c13-9-3-1-7(2-4-9)8-5-14-18(6-8)10-11(19)15-12(20)17-16-10/h1-6H,13H2,(H2,15,17,19,20). The maximum Gasteiger partial charge on any atom is 0.342 e. The highest BCUT2D eigenvalue weighted by atomic mass is 16.2. The van der Waals surface area contributed by atoms with Gasteiger partial charge in [0.15, 0.2) is 0 Å². The molecule has 0 bridgehead atoms. The van der Waals surface area contributed by atoms with E-state index in [0.29, 0.717) is 5.69 Å². The smallest absolute Gasteiger partial charge is 0.342 e. The number of nitrogen functional groups attached to an aromatic ring is 1. The van der Waals surface area contributed by atoms with Crippen LogP contribution in [0.5, 0.6) is 0 Å². The van der Waals surface area contributed by atoms with Crippen molar-refractivity contribution in [3.63, 3.8) is 0 Å². The molecule has 0 saturated heterocycles. The second kappa shape index (κ2) is 4.50. The summed E-state index contributed by atoms with van der Waals surface area (Å²) in [6.45, 7) is 0. The Kier molecular flexibility index (Phi) is 2.68. The Morgan fingerprint density at radius 1 is 1.10 bits per heavy atom. The SMILES string of the molecule is Nc1ccc(-c2cnn(-c3n[nH]c(=O)[nH]c3=O)c2)cc1. The fourth-order valence-electron chi connectivity index (χ4n) is 1.76. The first-order chi connectivity index (χ1) is 9.63. The summed E-state index contributed by atoms with van der Waals surface area (Å²) in [5.74, 6) is -0.00806. The predicted molar refractivity (Wildman–Crippen MR) is 72.4 cm³/mol. The van der Waals surface area contributed by atoms with E-state index in [1.807, 2.05) is 12.1 Å². The molecule has 8 nitrogen and oxygen atoms in total. The third kappa shape index (κ3) is 2.09. The summed E-state index contributed by atoms with van der Waals surface area (Å²) in [7, 11) is 0. The third-order valence-electron chi connectivity index (χ3n) is 2.74. The number of anilines is 1. The third-order valence-corrected chi connectivity index (χ3v) is 2.74. The number of nitrogens with two attached hydrogens (primary N) is 1. The molecule has 100 valence electrons. The van der Waals surface area contributed by atoms with Gasteiger partial charge in [-0.05, 0) is 17.7 Å². The van der Waals surface area contributed by atoms with Gasteiger partial charge in [0.25, 0.3) is 5.56 Å². The van der Waals surface area contributed by atoms with E-state index in [4.69, 9.17) is 5.73 Å². The Morgan fingerprint density at radius 3 is 2.55 bits per heavy atom. The molecular weight excluding hydrogens is 260 g/mol. The highest BCUT2D eigenvalue weighted by Gasteiger charge is 2.08. The number of aromatic amines is 2. The van der Waals surface area contributed by atoms with Gasteiger partial charge in [0.2, 0.25) is 5.82 Å². The number of aromatic nitrogens is 5. The number of hydrogen-bond acceptors (Lipinski definition) is 5. The molecule has 4 N–H and O–H groups in total. The highest BCUT2D eigenvalue weighted by Crippen LogP contribution is 2.20. The van der Waals surface area contributed by atoms with Gasteiger partial charge in [-0.15, -0.1) is 5.10 Å². The molecular formula is C12H10N6O2. The monoisotopic (exact) mass is 270 g/mol. The lowest BCUT2D eigenvalue weighted by molar-refractivity contribution is 0.766. The maximum atomic E-state index is 11.6. The van der Waals surface area contributed by atoms with Gasteiger partial charge in [0.05, 0.1) is 6.20 Å². The lowest BCUT2D eigenvalue weighted by Gasteiger charge is -1.98. The first-order valence-corrected chi connectivity index (χ1v) is 5.73. The predicted octanol–water partition coefficient (Wildman–Crippen LogP) is -0.107. The van der Waals surface area contributed by atoms with Crippen molar-refractivity contribution in [2.75, 3.05) is 5.73 Å². The average molecular weight is 270 g/mol. The Bertz CT molecular complexity index is 858. The van der Waals surface area contributed by atoms with E-state index < -0.39 is 11.2 Å². The van der Waals surface area contributed by atoms with Gasteiger partial charge in [0, 0.05) is 17.4 Å². The van der Waals surface area contributed by atoms with E-state index in [1.54, 1.807) is 24.5 Å². The van der Waals surface area contributed by atoms with Gasteiger partial charge in [-0.3, -0.25) is 9.78 Å². The average Bonchev–Trinajstić information content (AvgIpc) is 2.89. The fraction of sp³-hybridized carbons (Fsp3) is 0. The van der Waals surface area contributed by atoms with E-state index in [0.717, 1.165) is 11.1 Å². The van der Waals surface area contributed by atoms with Crippen molar-refractivity contribution in [1.82, 2.24) is 25.0 Å². The summed E-state index contributed by atoms with van der Waals surface area (Å²) < 4.78 is 1.29. The van der Waals surface area contributed by atoms with Crippen LogP contribution in [0.3, 0.4) is 0 Å². The Labute approximate surface area is 111 Å².